The van der Waals surface area contributed by atoms with Gasteiger partial charge in [-0.3, -0.25) is 4.79 Å². The molecular formula is C23H28F3N3O3. The Kier molecular flexibility index (Phi) is 6.22. The van der Waals surface area contributed by atoms with Crippen LogP contribution in [0, 0.1) is 0 Å². The van der Waals surface area contributed by atoms with E-state index in [1.165, 1.54) is 6.07 Å². The van der Waals surface area contributed by atoms with Gasteiger partial charge in [0.15, 0.2) is 5.76 Å². The fourth-order valence-corrected chi connectivity index (χ4v) is 4.21. The molecule has 0 saturated carbocycles. The fraction of sp³-hybridized carbons (Fsp3) is 0.522. The van der Waals surface area contributed by atoms with Crippen molar-refractivity contribution in [2.75, 3.05) is 36.5 Å². The van der Waals surface area contributed by atoms with E-state index in [2.05, 4.69) is 5.32 Å². The summed E-state index contributed by atoms with van der Waals surface area (Å²) in [5.74, 6) is 0.363. The molecule has 3 heterocycles. The number of anilines is 2. The molecule has 2 aliphatic rings. The van der Waals surface area contributed by atoms with Crippen molar-refractivity contribution in [3.63, 3.8) is 0 Å². The molecule has 6 nitrogen and oxygen atoms in total. The maximum atomic E-state index is 13.3. The lowest BCUT2D eigenvalue weighted by atomic mass is 9.90. The zero-order valence-corrected chi connectivity index (χ0v) is 18.0. The van der Waals surface area contributed by atoms with Gasteiger partial charge in [-0.1, -0.05) is 0 Å². The van der Waals surface area contributed by atoms with E-state index in [0.717, 1.165) is 25.0 Å². The average Bonchev–Trinajstić information content (AvgIpc) is 3.24. The number of hydrogen-bond donors (Lipinski definition) is 2. The molecule has 174 valence electrons. The largest absolute Gasteiger partial charge is 0.456 e. The molecule has 2 fully saturated rings. The highest BCUT2D eigenvalue weighted by atomic mass is 19.4. The normalized spacial score (nSPS) is 19.7. The Bertz CT molecular complexity index is 955. The standard InChI is InChI=1S/C23H28F3N3O3/c1-22(27)8-10-29(11-9-22)18-3-2-16(23(24,25)26)14-17(18)28-21(30)20-5-4-19(32-20)15-6-12-31-13-7-15/h2-5,14-15H,6-13,27H2,1H3,(H,28,30). The average molecular weight is 451 g/mol. The summed E-state index contributed by atoms with van der Waals surface area (Å²) in [6, 6.07) is 6.75. The number of alkyl halides is 3. The second-order valence-corrected chi connectivity index (χ2v) is 8.91. The molecule has 0 atom stereocenters. The summed E-state index contributed by atoms with van der Waals surface area (Å²) in [4.78, 5) is 14.8. The SMILES string of the molecule is CC1(N)CCN(c2ccc(C(F)(F)F)cc2NC(=O)c2ccc(C3CCOCC3)o2)CC1. The topological polar surface area (TPSA) is 80.7 Å². The molecule has 0 aliphatic carbocycles. The van der Waals surface area contributed by atoms with Crippen LogP contribution in [-0.2, 0) is 10.9 Å². The fourth-order valence-electron chi connectivity index (χ4n) is 4.21. The van der Waals surface area contributed by atoms with E-state index in [-0.39, 0.29) is 22.9 Å². The van der Waals surface area contributed by atoms with Crippen molar-refractivity contribution in [1.82, 2.24) is 0 Å². The van der Waals surface area contributed by atoms with Gasteiger partial charge in [-0.25, -0.2) is 0 Å². The smallest absolute Gasteiger partial charge is 0.416 e. The number of amides is 1. The second kappa shape index (κ2) is 8.78. The minimum atomic E-state index is -4.52. The first-order chi connectivity index (χ1) is 15.1. The number of piperidine rings is 1. The molecule has 2 saturated heterocycles. The number of carbonyl (C=O) groups excluding carboxylic acids is 1. The van der Waals surface area contributed by atoms with Crippen molar-refractivity contribution < 1.29 is 27.1 Å². The van der Waals surface area contributed by atoms with Crippen LogP contribution in [-0.4, -0.2) is 37.7 Å². The third-order valence-electron chi connectivity index (χ3n) is 6.29. The van der Waals surface area contributed by atoms with Crippen molar-refractivity contribution in [2.24, 2.45) is 5.73 Å². The number of benzene rings is 1. The third-order valence-corrected chi connectivity index (χ3v) is 6.29. The summed E-state index contributed by atoms with van der Waals surface area (Å²) >= 11 is 0. The van der Waals surface area contributed by atoms with Gasteiger partial charge in [-0.15, -0.1) is 0 Å². The first-order valence-corrected chi connectivity index (χ1v) is 10.9. The van der Waals surface area contributed by atoms with Gasteiger partial charge >= 0.3 is 6.18 Å². The van der Waals surface area contributed by atoms with Gasteiger partial charge < -0.3 is 25.1 Å². The molecule has 1 aromatic heterocycles. The third kappa shape index (κ3) is 5.10. The van der Waals surface area contributed by atoms with E-state index in [9.17, 15) is 18.0 Å². The summed E-state index contributed by atoms with van der Waals surface area (Å²) in [7, 11) is 0. The van der Waals surface area contributed by atoms with E-state index >= 15 is 0 Å². The van der Waals surface area contributed by atoms with Crippen molar-refractivity contribution in [1.29, 1.82) is 0 Å². The van der Waals surface area contributed by atoms with Gasteiger partial charge in [0.25, 0.3) is 5.91 Å². The molecule has 3 N–H and O–H groups in total. The van der Waals surface area contributed by atoms with E-state index in [1.54, 1.807) is 12.1 Å². The molecule has 0 radical (unpaired) electrons. The van der Waals surface area contributed by atoms with Crippen molar-refractivity contribution in [3.05, 3.63) is 47.4 Å². The lowest BCUT2D eigenvalue weighted by molar-refractivity contribution is -0.137. The number of ether oxygens (including phenoxy) is 1. The molecule has 32 heavy (non-hydrogen) atoms. The molecule has 0 bridgehead atoms. The molecule has 4 rings (SSSR count). The zero-order chi connectivity index (χ0) is 22.9. The lowest BCUT2D eigenvalue weighted by Gasteiger charge is -2.38. The minimum absolute atomic E-state index is 0.0723. The van der Waals surface area contributed by atoms with Crippen LogP contribution in [0.5, 0.6) is 0 Å². The highest BCUT2D eigenvalue weighted by Gasteiger charge is 2.33. The Morgan fingerprint density at radius 1 is 1.16 bits per heavy atom. The van der Waals surface area contributed by atoms with Crippen molar-refractivity contribution in [2.45, 2.75) is 50.2 Å². The van der Waals surface area contributed by atoms with E-state index in [1.807, 2.05) is 11.8 Å². The highest BCUT2D eigenvalue weighted by molar-refractivity contribution is 6.04. The number of rotatable bonds is 4. The Hall–Kier alpha value is -2.52. The van der Waals surface area contributed by atoms with Gasteiger partial charge in [0.05, 0.1) is 16.9 Å². The summed E-state index contributed by atoms with van der Waals surface area (Å²) in [5, 5.41) is 2.64. The molecule has 1 aromatic carbocycles. The molecule has 0 unspecified atom stereocenters. The van der Waals surface area contributed by atoms with Crippen LogP contribution in [0.2, 0.25) is 0 Å². The maximum absolute atomic E-state index is 13.3. The number of hydrogen-bond acceptors (Lipinski definition) is 5. The van der Waals surface area contributed by atoms with Crippen LogP contribution in [0.3, 0.4) is 0 Å². The number of furan rings is 1. The summed E-state index contributed by atoms with van der Waals surface area (Å²) in [6.07, 6.45) is -1.50. The Morgan fingerprint density at radius 3 is 2.50 bits per heavy atom. The Morgan fingerprint density at radius 2 is 1.84 bits per heavy atom. The summed E-state index contributed by atoms with van der Waals surface area (Å²) in [6.45, 7) is 4.43. The minimum Gasteiger partial charge on any atom is -0.456 e. The molecule has 1 amide bonds. The Balaban J connectivity index is 1.57. The lowest BCUT2D eigenvalue weighted by Crippen LogP contribution is -2.48. The van der Waals surface area contributed by atoms with E-state index in [4.69, 9.17) is 14.9 Å². The number of nitrogens with two attached hydrogens (primary N) is 1. The van der Waals surface area contributed by atoms with Crippen LogP contribution >= 0.6 is 0 Å². The van der Waals surface area contributed by atoms with Gasteiger partial charge in [0.1, 0.15) is 5.76 Å². The number of nitrogens with zero attached hydrogens (tertiary/aromatic N) is 1. The molecule has 2 aliphatic heterocycles. The monoisotopic (exact) mass is 451 g/mol. The van der Waals surface area contributed by atoms with Crippen molar-refractivity contribution >= 4 is 17.3 Å². The van der Waals surface area contributed by atoms with Gasteiger partial charge in [-0.2, -0.15) is 13.2 Å². The van der Waals surface area contributed by atoms with Crippen LogP contribution in [0.4, 0.5) is 24.5 Å². The van der Waals surface area contributed by atoms with Crippen LogP contribution < -0.4 is 16.0 Å². The first-order valence-electron chi connectivity index (χ1n) is 10.9. The summed E-state index contributed by atoms with van der Waals surface area (Å²) in [5.41, 5.74) is 5.71. The molecule has 0 spiro atoms. The van der Waals surface area contributed by atoms with E-state index < -0.39 is 17.6 Å². The number of nitrogens with one attached hydrogen (secondary N) is 1. The number of halogens is 3. The first kappa shape index (κ1) is 22.7. The van der Waals surface area contributed by atoms with E-state index in [0.29, 0.717) is 50.6 Å². The zero-order valence-electron chi connectivity index (χ0n) is 18.0. The quantitative estimate of drug-likeness (QED) is 0.701. The number of carbonyl (C=O) groups is 1. The van der Waals surface area contributed by atoms with Gasteiger partial charge in [0, 0.05) is 37.8 Å². The molecule has 9 heteroatoms. The predicted octanol–water partition coefficient (Wildman–Crippen LogP) is 4.76. The molecular weight excluding hydrogens is 423 g/mol. The van der Waals surface area contributed by atoms with Crippen LogP contribution in [0.15, 0.2) is 34.7 Å². The van der Waals surface area contributed by atoms with Crippen molar-refractivity contribution in [3.8, 4) is 0 Å². The molecule has 2 aromatic rings. The highest BCUT2D eigenvalue weighted by Crippen LogP contribution is 2.37. The summed E-state index contributed by atoms with van der Waals surface area (Å²) < 4.78 is 51.1. The van der Waals surface area contributed by atoms with Crippen LogP contribution in [0.25, 0.3) is 0 Å². The van der Waals surface area contributed by atoms with Crippen LogP contribution in [0.1, 0.15) is 60.4 Å². The second-order valence-electron chi connectivity index (χ2n) is 8.91. The van der Waals surface area contributed by atoms with Gasteiger partial charge in [-0.05, 0) is 62.9 Å². The Labute approximate surface area is 184 Å². The van der Waals surface area contributed by atoms with Gasteiger partial charge in [0.2, 0.25) is 0 Å². The predicted molar refractivity (Wildman–Crippen MR) is 115 cm³/mol. The maximum Gasteiger partial charge on any atom is 0.416 e.